The first-order chi connectivity index (χ1) is 5.74. The first-order valence-electron chi connectivity index (χ1n) is 4.24. The van der Waals surface area contributed by atoms with Crippen LogP contribution in [0.5, 0.6) is 0 Å². The summed E-state index contributed by atoms with van der Waals surface area (Å²) in [6.07, 6.45) is 5.08. The smallest absolute Gasteiger partial charge is 0.125 e. The molecule has 0 aliphatic heterocycles. The highest BCUT2D eigenvalue weighted by molar-refractivity contribution is 5.52. The summed E-state index contributed by atoms with van der Waals surface area (Å²) in [6, 6.07) is 1.71. The van der Waals surface area contributed by atoms with Crippen LogP contribution in [-0.4, -0.2) is 4.98 Å². The Bertz CT molecular complexity index is 258. The lowest BCUT2D eigenvalue weighted by atomic mass is 10.1. The van der Waals surface area contributed by atoms with Gasteiger partial charge in [-0.1, -0.05) is 13.3 Å². The number of aromatic nitrogens is 1. The molecule has 0 spiro atoms. The van der Waals surface area contributed by atoms with Crippen molar-refractivity contribution in [3.8, 4) is 0 Å². The number of nitrogens with zero attached hydrogens (tertiary/aromatic N) is 1. The van der Waals surface area contributed by atoms with Crippen molar-refractivity contribution in [2.24, 2.45) is 0 Å². The number of anilines is 2. The Morgan fingerprint density at radius 2 is 2.17 bits per heavy atom. The molecule has 0 aliphatic rings. The van der Waals surface area contributed by atoms with E-state index in [0.717, 1.165) is 24.1 Å². The van der Waals surface area contributed by atoms with Gasteiger partial charge in [0.2, 0.25) is 0 Å². The molecule has 0 saturated heterocycles. The Morgan fingerprint density at radius 3 is 2.75 bits per heavy atom. The topological polar surface area (TPSA) is 64.9 Å². The molecule has 0 atom stereocenters. The molecule has 0 amide bonds. The monoisotopic (exact) mass is 165 g/mol. The Labute approximate surface area is 72.8 Å². The molecule has 0 bridgehead atoms. The highest BCUT2D eigenvalue weighted by Gasteiger charge is 1.98. The zero-order chi connectivity index (χ0) is 8.97. The average Bonchev–Trinajstić information content (AvgIpc) is 2.03. The van der Waals surface area contributed by atoms with E-state index in [4.69, 9.17) is 11.5 Å². The van der Waals surface area contributed by atoms with E-state index >= 15 is 0 Å². The summed E-state index contributed by atoms with van der Waals surface area (Å²) >= 11 is 0. The van der Waals surface area contributed by atoms with Crippen LogP contribution in [0.1, 0.15) is 25.3 Å². The summed E-state index contributed by atoms with van der Waals surface area (Å²) in [6.45, 7) is 2.15. The van der Waals surface area contributed by atoms with Gasteiger partial charge in [0, 0.05) is 18.0 Å². The van der Waals surface area contributed by atoms with Crippen molar-refractivity contribution in [3.05, 3.63) is 17.8 Å². The van der Waals surface area contributed by atoms with Crippen molar-refractivity contribution in [1.29, 1.82) is 0 Å². The summed E-state index contributed by atoms with van der Waals surface area (Å²) in [5, 5.41) is 0. The molecule has 3 heteroatoms. The lowest BCUT2D eigenvalue weighted by molar-refractivity contribution is 0.794. The van der Waals surface area contributed by atoms with Gasteiger partial charge in [-0.15, -0.1) is 0 Å². The molecule has 1 aromatic heterocycles. The third-order valence-corrected chi connectivity index (χ3v) is 1.84. The van der Waals surface area contributed by atoms with Gasteiger partial charge >= 0.3 is 0 Å². The van der Waals surface area contributed by atoms with E-state index in [-0.39, 0.29) is 0 Å². The highest BCUT2D eigenvalue weighted by Crippen LogP contribution is 2.14. The number of aryl methyl sites for hydroxylation is 1. The van der Waals surface area contributed by atoms with Gasteiger partial charge in [-0.05, 0) is 18.4 Å². The SMILES string of the molecule is CCCCc1cnc(N)cc1N. The second kappa shape index (κ2) is 3.95. The Kier molecular flexibility index (Phi) is 2.91. The summed E-state index contributed by atoms with van der Waals surface area (Å²) < 4.78 is 0. The highest BCUT2D eigenvalue weighted by atomic mass is 14.8. The molecular weight excluding hydrogens is 150 g/mol. The number of rotatable bonds is 3. The van der Waals surface area contributed by atoms with Gasteiger partial charge in [0.25, 0.3) is 0 Å². The van der Waals surface area contributed by atoms with E-state index < -0.39 is 0 Å². The van der Waals surface area contributed by atoms with Crippen LogP contribution >= 0.6 is 0 Å². The maximum atomic E-state index is 5.74. The van der Waals surface area contributed by atoms with Crippen LogP contribution in [0.4, 0.5) is 11.5 Å². The average molecular weight is 165 g/mol. The molecule has 66 valence electrons. The normalized spacial score (nSPS) is 10.1. The number of hydrogen-bond acceptors (Lipinski definition) is 3. The van der Waals surface area contributed by atoms with Gasteiger partial charge in [0.1, 0.15) is 5.82 Å². The minimum atomic E-state index is 0.493. The molecule has 1 rings (SSSR count). The first-order valence-corrected chi connectivity index (χ1v) is 4.24. The summed E-state index contributed by atoms with van der Waals surface area (Å²) in [5.74, 6) is 0.493. The largest absolute Gasteiger partial charge is 0.398 e. The number of nitrogen functional groups attached to an aromatic ring is 2. The third-order valence-electron chi connectivity index (χ3n) is 1.84. The van der Waals surface area contributed by atoms with Crippen LogP contribution in [0.25, 0.3) is 0 Å². The number of nitrogens with two attached hydrogens (primary N) is 2. The maximum absolute atomic E-state index is 5.74. The van der Waals surface area contributed by atoms with Crippen molar-refractivity contribution in [2.45, 2.75) is 26.2 Å². The Balaban J connectivity index is 2.72. The predicted molar refractivity (Wildman–Crippen MR) is 51.7 cm³/mol. The van der Waals surface area contributed by atoms with Gasteiger partial charge in [0.15, 0.2) is 0 Å². The van der Waals surface area contributed by atoms with E-state index in [1.54, 1.807) is 12.3 Å². The van der Waals surface area contributed by atoms with Crippen LogP contribution in [0.2, 0.25) is 0 Å². The lowest BCUT2D eigenvalue weighted by Crippen LogP contribution is -1.98. The van der Waals surface area contributed by atoms with E-state index in [1.165, 1.54) is 6.42 Å². The molecule has 0 aliphatic carbocycles. The van der Waals surface area contributed by atoms with Gasteiger partial charge in [-0.2, -0.15) is 0 Å². The van der Waals surface area contributed by atoms with Gasteiger partial charge < -0.3 is 11.5 Å². The minimum absolute atomic E-state index is 0.493. The van der Waals surface area contributed by atoms with Gasteiger partial charge in [-0.3, -0.25) is 0 Å². The fourth-order valence-corrected chi connectivity index (χ4v) is 1.09. The predicted octanol–water partition coefficient (Wildman–Crippen LogP) is 1.59. The van der Waals surface area contributed by atoms with E-state index in [0.29, 0.717) is 5.82 Å². The van der Waals surface area contributed by atoms with Crippen LogP contribution in [0, 0.1) is 0 Å². The molecule has 0 unspecified atom stereocenters. The molecule has 3 nitrogen and oxygen atoms in total. The van der Waals surface area contributed by atoms with E-state index in [2.05, 4.69) is 11.9 Å². The Hall–Kier alpha value is -1.25. The van der Waals surface area contributed by atoms with Crippen molar-refractivity contribution in [2.75, 3.05) is 11.5 Å². The first kappa shape index (κ1) is 8.84. The van der Waals surface area contributed by atoms with Crippen molar-refractivity contribution >= 4 is 11.5 Å². The summed E-state index contributed by atoms with van der Waals surface area (Å²) in [5.41, 5.74) is 13.1. The molecule has 1 heterocycles. The molecule has 0 aromatic carbocycles. The zero-order valence-corrected chi connectivity index (χ0v) is 7.38. The van der Waals surface area contributed by atoms with Crippen LogP contribution in [0.3, 0.4) is 0 Å². The standard InChI is InChI=1S/C9H15N3/c1-2-3-4-7-6-12-9(11)5-8(7)10/h5-6H,2-4H2,1H3,(H4,10,11,12). The molecule has 1 aromatic rings. The van der Waals surface area contributed by atoms with Crippen molar-refractivity contribution in [1.82, 2.24) is 4.98 Å². The molecule has 12 heavy (non-hydrogen) atoms. The van der Waals surface area contributed by atoms with Gasteiger partial charge in [-0.25, -0.2) is 4.98 Å². The third kappa shape index (κ3) is 2.12. The minimum Gasteiger partial charge on any atom is -0.398 e. The summed E-state index contributed by atoms with van der Waals surface area (Å²) in [7, 11) is 0. The van der Waals surface area contributed by atoms with Crippen molar-refractivity contribution in [3.63, 3.8) is 0 Å². The van der Waals surface area contributed by atoms with Crippen LogP contribution in [-0.2, 0) is 6.42 Å². The maximum Gasteiger partial charge on any atom is 0.125 e. The molecule has 0 fully saturated rings. The number of hydrogen-bond donors (Lipinski definition) is 2. The van der Waals surface area contributed by atoms with Crippen LogP contribution < -0.4 is 11.5 Å². The molecular formula is C9H15N3. The fraction of sp³-hybridized carbons (Fsp3) is 0.444. The summed E-state index contributed by atoms with van der Waals surface area (Å²) in [4.78, 5) is 3.99. The zero-order valence-electron chi connectivity index (χ0n) is 7.38. The second-order valence-electron chi connectivity index (χ2n) is 2.91. The lowest BCUT2D eigenvalue weighted by Gasteiger charge is -2.03. The quantitative estimate of drug-likeness (QED) is 0.714. The van der Waals surface area contributed by atoms with Crippen molar-refractivity contribution < 1.29 is 0 Å². The van der Waals surface area contributed by atoms with Gasteiger partial charge in [0.05, 0.1) is 0 Å². The second-order valence-corrected chi connectivity index (χ2v) is 2.91. The van der Waals surface area contributed by atoms with E-state index in [9.17, 15) is 0 Å². The molecule has 4 N–H and O–H groups in total. The van der Waals surface area contributed by atoms with Crippen LogP contribution in [0.15, 0.2) is 12.3 Å². The molecule has 0 saturated carbocycles. The van der Waals surface area contributed by atoms with E-state index in [1.807, 2.05) is 0 Å². The molecule has 0 radical (unpaired) electrons. The number of pyridine rings is 1. The number of unbranched alkanes of at least 4 members (excludes halogenated alkanes) is 1. The Morgan fingerprint density at radius 1 is 1.42 bits per heavy atom. The fourth-order valence-electron chi connectivity index (χ4n) is 1.09.